The van der Waals surface area contributed by atoms with Crippen LogP contribution in [-0.2, 0) is 0 Å². The third-order valence-electron chi connectivity index (χ3n) is 3.58. The van der Waals surface area contributed by atoms with Crippen molar-refractivity contribution in [2.45, 2.75) is 37.3 Å². The van der Waals surface area contributed by atoms with Crippen LogP contribution in [-0.4, -0.2) is 45.1 Å². The number of hydrogen-bond acceptors (Lipinski definition) is 6. The summed E-state index contributed by atoms with van der Waals surface area (Å²) in [5.41, 5.74) is 0. The smallest absolute Gasteiger partial charge is 0.260 e. The number of aromatic nitrogens is 2. The molecule has 6 heteroatoms. The van der Waals surface area contributed by atoms with Gasteiger partial charge < -0.3 is 4.74 Å². The molecular formula is C12H19N3OS2. The van der Waals surface area contributed by atoms with Gasteiger partial charge in [0.1, 0.15) is 6.10 Å². The largest absolute Gasteiger partial charge is 0.470 e. The molecule has 18 heavy (non-hydrogen) atoms. The van der Waals surface area contributed by atoms with Crippen LogP contribution < -0.4 is 4.74 Å². The van der Waals surface area contributed by atoms with E-state index in [1.807, 2.05) is 0 Å². The number of fused-ring (bicyclic) bond motifs is 2. The van der Waals surface area contributed by atoms with Crippen LogP contribution in [0.5, 0.6) is 5.88 Å². The summed E-state index contributed by atoms with van der Waals surface area (Å²) in [6, 6.07) is 0. The third-order valence-corrected chi connectivity index (χ3v) is 5.36. The van der Waals surface area contributed by atoms with Crippen LogP contribution >= 0.6 is 23.5 Å². The molecule has 1 aromatic rings. The summed E-state index contributed by atoms with van der Waals surface area (Å²) >= 11 is 3.02. The van der Waals surface area contributed by atoms with E-state index in [-0.39, 0.29) is 0 Å². The fraction of sp³-hybridized carbons (Fsp3) is 0.833. The molecule has 0 saturated carbocycles. The second-order valence-electron chi connectivity index (χ2n) is 5.11. The molecule has 3 atom stereocenters. The summed E-state index contributed by atoms with van der Waals surface area (Å²) in [4.78, 5) is 2.51. The van der Waals surface area contributed by atoms with Crippen molar-refractivity contribution < 1.29 is 4.74 Å². The van der Waals surface area contributed by atoms with Crippen LogP contribution in [0.4, 0.5) is 0 Å². The zero-order chi connectivity index (χ0) is 12.4. The van der Waals surface area contributed by atoms with Gasteiger partial charge in [-0.2, -0.15) is 4.37 Å². The highest BCUT2D eigenvalue weighted by atomic mass is 32.2. The minimum atomic E-state index is 0.316. The quantitative estimate of drug-likeness (QED) is 0.777. The van der Waals surface area contributed by atoms with Gasteiger partial charge in [0.2, 0.25) is 0 Å². The Morgan fingerprint density at radius 2 is 2.39 bits per heavy atom. The number of rotatable bonds is 5. The Morgan fingerprint density at radius 1 is 1.44 bits per heavy atom. The zero-order valence-corrected chi connectivity index (χ0v) is 12.3. The number of nitrogens with zero attached hydrogens (tertiary/aromatic N) is 3. The topological polar surface area (TPSA) is 38.3 Å². The van der Waals surface area contributed by atoms with Gasteiger partial charge >= 0.3 is 0 Å². The SMILES string of the molecule is CCCSc1nsnc1O[C@@H]1CC2CCN(C2)C1. The van der Waals surface area contributed by atoms with Gasteiger partial charge in [-0.1, -0.05) is 18.7 Å². The van der Waals surface area contributed by atoms with Gasteiger partial charge in [0.25, 0.3) is 5.88 Å². The predicted molar refractivity (Wildman–Crippen MR) is 74.5 cm³/mol. The van der Waals surface area contributed by atoms with Crippen LogP contribution in [0.2, 0.25) is 0 Å². The van der Waals surface area contributed by atoms with Crippen LogP contribution in [0, 0.1) is 5.92 Å². The number of thioether (sulfide) groups is 1. The molecule has 3 rings (SSSR count). The minimum Gasteiger partial charge on any atom is -0.470 e. The molecule has 1 aromatic heterocycles. The minimum absolute atomic E-state index is 0.316. The highest BCUT2D eigenvalue weighted by molar-refractivity contribution is 7.99. The Balaban J connectivity index is 1.60. The normalized spacial score (nSPS) is 30.6. The van der Waals surface area contributed by atoms with Gasteiger partial charge in [0.15, 0.2) is 5.03 Å². The predicted octanol–water partition coefficient (Wildman–Crippen LogP) is 2.51. The summed E-state index contributed by atoms with van der Waals surface area (Å²) in [6.45, 7) is 5.76. The lowest BCUT2D eigenvalue weighted by Crippen LogP contribution is -2.39. The Morgan fingerprint density at radius 3 is 3.22 bits per heavy atom. The fourth-order valence-corrected chi connectivity index (χ4v) is 4.16. The van der Waals surface area contributed by atoms with Gasteiger partial charge in [0, 0.05) is 13.1 Å². The van der Waals surface area contributed by atoms with Crippen LogP contribution in [0.25, 0.3) is 0 Å². The molecule has 0 aliphatic carbocycles. The summed E-state index contributed by atoms with van der Waals surface area (Å²) in [7, 11) is 0. The summed E-state index contributed by atoms with van der Waals surface area (Å²) in [5.74, 6) is 2.69. The first-order valence-electron chi connectivity index (χ1n) is 6.69. The first-order chi connectivity index (χ1) is 8.85. The average Bonchev–Trinajstić information content (AvgIpc) is 2.94. The van der Waals surface area contributed by atoms with Gasteiger partial charge in [-0.15, -0.1) is 4.37 Å². The first-order valence-corrected chi connectivity index (χ1v) is 8.41. The van der Waals surface area contributed by atoms with Crippen LogP contribution in [0.15, 0.2) is 5.03 Å². The van der Waals surface area contributed by atoms with Crippen molar-refractivity contribution in [3.05, 3.63) is 0 Å². The molecule has 2 unspecified atom stereocenters. The van der Waals surface area contributed by atoms with Gasteiger partial charge in [0.05, 0.1) is 11.7 Å². The molecule has 2 aliphatic heterocycles. The fourth-order valence-electron chi connectivity index (χ4n) is 2.78. The zero-order valence-electron chi connectivity index (χ0n) is 10.7. The van der Waals surface area contributed by atoms with E-state index in [0.29, 0.717) is 6.10 Å². The van der Waals surface area contributed by atoms with E-state index >= 15 is 0 Å². The van der Waals surface area contributed by atoms with Gasteiger partial charge in [-0.3, -0.25) is 4.90 Å². The van der Waals surface area contributed by atoms with Gasteiger partial charge in [-0.25, -0.2) is 0 Å². The standard InChI is InChI=1S/C12H19N3OS2/c1-2-5-17-12-11(13-18-14-12)16-10-6-9-3-4-15(7-9)8-10/h9-10H,2-8H2,1H3/t9?,10-/m1/s1. The molecule has 0 radical (unpaired) electrons. The Bertz CT molecular complexity index is 386. The third kappa shape index (κ3) is 2.81. The number of ether oxygens (including phenoxy) is 1. The van der Waals surface area contributed by atoms with Crippen LogP contribution in [0.1, 0.15) is 26.2 Å². The van der Waals surface area contributed by atoms with Crippen molar-refractivity contribution in [2.75, 3.05) is 25.4 Å². The lowest BCUT2D eigenvalue weighted by molar-refractivity contribution is 0.0920. The second kappa shape index (κ2) is 5.75. The van der Waals surface area contributed by atoms with E-state index in [2.05, 4.69) is 20.6 Å². The Kier molecular flexibility index (Phi) is 4.06. The average molecular weight is 285 g/mol. The van der Waals surface area contributed by atoms with E-state index in [4.69, 9.17) is 4.74 Å². The van der Waals surface area contributed by atoms with E-state index in [9.17, 15) is 0 Å². The van der Waals surface area contributed by atoms with E-state index < -0.39 is 0 Å². The highest BCUT2D eigenvalue weighted by Gasteiger charge is 2.34. The van der Waals surface area contributed by atoms with Gasteiger partial charge in [-0.05, 0) is 37.5 Å². The molecule has 0 aromatic carbocycles. The summed E-state index contributed by atoms with van der Waals surface area (Å²) in [6.07, 6.45) is 4.00. The Hall–Kier alpha value is -0.330. The molecule has 2 saturated heterocycles. The van der Waals surface area contributed by atoms with Crippen molar-refractivity contribution in [1.82, 2.24) is 13.6 Å². The molecule has 0 spiro atoms. The second-order valence-corrected chi connectivity index (χ2v) is 6.72. The van der Waals surface area contributed by atoms with Crippen molar-refractivity contribution in [1.29, 1.82) is 0 Å². The monoisotopic (exact) mass is 285 g/mol. The maximum Gasteiger partial charge on any atom is 0.260 e. The van der Waals surface area contributed by atoms with Crippen LogP contribution in [0.3, 0.4) is 0 Å². The molecule has 2 aliphatic rings. The highest BCUT2D eigenvalue weighted by Crippen LogP contribution is 2.32. The molecule has 4 nitrogen and oxygen atoms in total. The maximum atomic E-state index is 6.08. The van der Waals surface area contributed by atoms with Crippen molar-refractivity contribution in [2.24, 2.45) is 5.92 Å². The molecular weight excluding hydrogens is 266 g/mol. The Labute approximate surface area is 116 Å². The van der Waals surface area contributed by atoms with Crippen molar-refractivity contribution >= 4 is 23.5 Å². The molecule has 0 N–H and O–H groups in total. The molecule has 2 fully saturated rings. The van der Waals surface area contributed by atoms with Crippen molar-refractivity contribution in [3.63, 3.8) is 0 Å². The van der Waals surface area contributed by atoms with E-state index in [1.54, 1.807) is 11.8 Å². The number of hydrogen-bond donors (Lipinski definition) is 0. The molecule has 100 valence electrons. The van der Waals surface area contributed by atoms with E-state index in [0.717, 1.165) is 35.5 Å². The molecule has 3 heterocycles. The lowest BCUT2D eigenvalue weighted by atomic mass is 9.99. The summed E-state index contributed by atoms with van der Waals surface area (Å²) < 4.78 is 14.7. The maximum absolute atomic E-state index is 6.08. The molecule has 2 bridgehead atoms. The lowest BCUT2D eigenvalue weighted by Gasteiger charge is -2.29. The molecule has 0 amide bonds. The van der Waals surface area contributed by atoms with E-state index in [1.165, 1.54) is 37.7 Å². The first kappa shape index (κ1) is 12.7. The summed E-state index contributed by atoms with van der Waals surface area (Å²) in [5, 5.41) is 0.981. The van der Waals surface area contributed by atoms with Crippen molar-refractivity contribution in [3.8, 4) is 5.88 Å². The number of piperidine rings is 1.